The van der Waals surface area contributed by atoms with Gasteiger partial charge in [-0.05, 0) is 90.4 Å². The predicted molar refractivity (Wildman–Crippen MR) is 137 cm³/mol. The van der Waals surface area contributed by atoms with Crippen molar-refractivity contribution in [2.45, 2.75) is 40.0 Å². The summed E-state index contributed by atoms with van der Waals surface area (Å²) in [5.41, 5.74) is 7.16. The number of phenolic OH excluding ortho intramolecular Hbond substituents is 5. The topological polar surface area (TPSA) is 101 Å². The van der Waals surface area contributed by atoms with Crippen LogP contribution >= 0.6 is 0 Å². The predicted octanol–water partition coefficient (Wildman–Crippen LogP) is 5.91. The molecule has 5 nitrogen and oxygen atoms in total. The lowest BCUT2D eigenvalue weighted by atomic mass is 9.92. The smallest absolute Gasteiger partial charge is 0.122 e. The fourth-order valence-electron chi connectivity index (χ4n) is 4.56. The highest BCUT2D eigenvalue weighted by Crippen LogP contribution is 2.33. The van der Waals surface area contributed by atoms with Gasteiger partial charge in [-0.25, -0.2) is 0 Å². The zero-order valence-corrected chi connectivity index (χ0v) is 20.1. The Morgan fingerprint density at radius 3 is 1.51 bits per heavy atom. The second kappa shape index (κ2) is 9.63. The van der Waals surface area contributed by atoms with Crippen molar-refractivity contribution in [1.29, 1.82) is 0 Å². The first-order chi connectivity index (χ1) is 16.6. The van der Waals surface area contributed by atoms with Gasteiger partial charge in [0.25, 0.3) is 0 Å². The minimum atomic E-state index is 0.0527. The van der Waals surface area contributed by atoms with Gasteiger partial charge >= 0.3 is 0 Å². The molecule has 0 spiro atoms. The average Bonchev–Trinajstić information content (AvgIpc) is 2.80. The van der Waals surface area contributed by atoms with Crippen molar-refractivity contribution in [3.05, 3.63) is 111 Å². The molecule has 0 heterocycles. The van der Waals surface area contributed by atoms with Crippen LogP contribution in [0.15, 0.2) is 60.7 Å². The molecule has 5 heteroatoms. The molecular formula is C30H30O5. The van der Waals surface area contributed by atoms with Crippen molar-refractivity contribution >= 4 is 0 Å². The maximum Gasteiger partial charge on any atom is 0.122 e. The first kappa shape index (κ1) is 24.0. The molecule has 0 amide bonds. The van der Waals surface area contributed by atoms with Crippen molar-refractivity contribution in [3.8, 4) is 28.7 Å². The maximum atomic E-state index is 10.7. The Bertz CT molecular complexity index is 1300. The molecule has 0 aliphatic heterocycles. The van der Waals surface area contributed by atoms with Gasteiger partial charge in [-0.3, -0.25) is 0 Å². The summed E-state index contributed by atoms with van der Waals surface area (Å²) < 4.78 is 0. The molecule has 0 bridgehead atoms. The second-order valence-electron chi connectivity index (χ2n) is 9.32. The van der Waals surface area contributed by atoms with E-state index in [0.29, 0.717) is 24.0 Å². The number of benzene rings is 4. The molecule has 0 radical (unpaired) electrons. The summed E-state index contributed by atoms with van der Waals surface area (Å²) in [5, 5.41) is 51.6. The number of hydrogen-bond acceptors (Lipinski definition) is 5. The molecule has 0 aliphatic carbocycles. The highest BCUT2D eigenvalue weighted by atomic mass is 16.3. The van der Waals surface area contributed by atoms with Gasteiger partial charge in [0.05, 0.1) is 0 Å². The minimum Gasteiger partial charge on any atom is -0.508 e. The summed E-state index contributed by atoms with van der Waals surface area (Å²) in [7, 11) is 0. The van der Waals surface area contributed by atoms with Gasteiger partial charge in [-0.1, -0.05) is 42.0 Å². The Morgan fingerprint density at radius 1 is 0.486 bits per heavy atom. The zero-order valence-electron chi connectivity index (χ0n) is 20.1. The van der Waals surface area contributed by atoms with Crippen molar-refractivity contribution in [2.24, 2.45) is 0 Å². The van der Waals surface area contributed by atoms with E-state index >= 15 is 0 Å². The SMILES string of the molecule is Cc1ccc(O)c(Cc2cc(Cc3cc(C)c(O)c(Cc4cc(O)ccc4O)c3)cc(C)c2O)c1. The molecule has 35 heavy (non-hydrogen) atoms. The number of phenols is 5. The first-order valence-corrected chi connectivity index (χ1v) is 11.5. The molecule has 5 N–H and O–H groups in total. The van der Waals surface area contributed by atoms with E-state index in [2.05, 4.69) is 0 Å². The largest absolute Gasteiger partial charge is 0.508 e. The van der Waals surface area contributed by atoms with Crippen LogP contribution in [-0.4, -0.2) is 25.5 Å². The third kappa shape index (κ3) is 5.35. The van der Waals surface area contributed by atoms with E-state index in [1.54, 1.807) is 6.07 Å². The van der Waals surface area contributed by atoms with Crippen LogP contribution in [0.25, 0.3) is 0 Å². The third-order valence-corrected chi connectivity index (χ3v) is 6.35. The molecule has 0 aromatic heterocycles. The van der Waals surface area contributed by atoms with Gasteiger partial charge in [0.1, 0.15) is 28.7 Å². The van der Waals surface area contributed by atoms with Gasteiger partial charge in [-0.2, -0.15) is 0 Å². The summed E-state index contributed by atoms with van der Waals surface area (Å²) in [4.78, 5) is 0. The van der Waals surface area contributed by atoms with Crippen LogP contribution in [0.1, 0.15) is 50.1 Å². The van der Waals surface area contributed by atoms with Gasteiger partial charge in [0.15, 0.2) is 0 Å². The summed E-state index contributed by atoms with van der Waals surface area (Å²) >= 11 is 0. The molecule has 0 atom stereocenters. The second-order valence-corrected chi connectivity index (χ2v) is 9.32. The van der Waals surface area contributed by atoms with Gasteiger partial charge in [-0.15, -0.1) is 0 Å². The van der Waals surface area contributed by atoms with Crippen LogP contribution in [0.5, 0.6) is 28.7 Å². The van der Waals surface area contributed by atoms with E-state index in [4.69, 9.17) is 0 Å². The molecule has 0 aliphatic rings. The minimum absolute atomic E-state index is 0.0527. The van der Waals surface area contributed by atoms with E-state index in [1.807, 2.05) is 57.2 Å². The van der Waals surface area contributed by atoms with Crippen LogP contribution in [0.2, 0.25) is 0 Å². The quantitative estimate of drug-likeness (QED) is 0.226. The van der Waals surface area contributed by atoms with Crippen molar-refractivity contribution in [1.82, 2.24) is 0 Å². The highest BCUT2D eigenvalue weighted by Gasteiger charge is 2.14. The lowest BCUT2D eigenvalue weighted by Crippen LogP contribution is -1.99. The standard InChI is InChI=1S/C30H30O5/c1-17-4-6-27(32)22(8-17)14-24-12-20(9-18(2)29(24)34)11-21-10-19(3)30(35)25(13-21)15-23-16-26(31)5-7-28(23)33/h4-10,12-13,16,31-35H,11,14-15H2,1-3H3. The molecule has 0 fully saturated rings. The molecule has 0 unspecified atom stereocenters. The summed E-state index contributed by atoms with van der Waals surface area (Å²) in [6.07, 6.45) is 1.26. The van der Waals surface area contributed by atoms with Gasteiger partial charge in [0.2, 0.25) is 0 Å². The van der Waals surface area contributed by atoms with E-state index in [9.17, 15) is 25.5 Å². The summed E-state index contributed by atoms with van der Waals surface area (Å²) in [6, 6.07) is 17.5. The average molecular weight is 471 g/mol. The molecule has 0 saturated carbocycles. The Labute approximate surface area is 205 Å². The Hall–Kier alpha value is -4.12. The Kier molecular flexibility index (Phi) is 6.61. The normalized spacial score (nSPS) is 11.1. The van der Waals surface area contributed by atoms with E-state index in [1.165, 1.54) is 18.2 Å². The van der Waals surface area contributed by atoms with Crippen LogP contribution in [-0.2, 0) is 19.3 Å². The summed E-state index contributed by atoms with van der Waals surface area (Å²) in [5.74, 6) is 0.693. The highest BCUT2D eigenvalue weighted by molar-refractivity contribution is 5.51. The molecule has 4 aromatic rings. The fraction of sp³-hybridized carbons (Fsp3) is 0.200. The Balaban J connectivity index is 1.66. The number of rotatable bonds is 6. The van der Waals surface area contributed by atoms with Crippen LogP contribution < -0.4 is 0 Å². The Morgan fingerprint density at radius 2 is 0.971 bits per heavy atom. The van der Waals surface area contributed by atoms with Crippen LogP contribution in [0.3, 0.4) is 0 Å². The van der Waals surface area contributed by atoms with E-state index in [0.717, 1.165) is 38.9 Å². The van der Waals surface area contributed by atoms with Crippen molar-refractivity contribution < 1.29 is 25.5 Å². The van der Waals surface area contributed by atoms with Crippen molar-refractivity contribution in [3.63, 3.8) is 0 Å². The van der Waals surface area contributed by atoms with Crippen LogP contribution in [0.4, 0.5) is 0 Å². The lowest BCUT2D eigenvalue weighted by molar-refractivity contribution is 0.452. The van der Waals surface area contributed by atoms with Gasteiger partial charge in [0, 0.05) is 18.4 Å². The first-order valence-electron chi connectivity index (χ1n) is 11.5. The summed E-state index contributed by atoms with van der Waals surface area (Å²) in [6.45, 7) is 5.65. The van der Waals surface area contributed by atoms with Gasteiger partial charge < -0.3 is 25.5 Å². The number of aromatic hydroxyl groups is 5. The zero-order chi connectivity index (χ0) is 25.3. The third-order valence-electron chi connectivity index (χ3n) is 6.35. The van der Waals surface area contributed by atoms with Crippen LogP contribution in [0, 0.1) is 20.8 Å². The lowest BCUT2D eigenvalue weighted by Gasteiger charge is -2.15. The molecule has 4 aromatic carbocycles. The molecule has 0 saturated heterocycles. The fourth-order valence-corrected chi connectivity index (χ4v) is 4.56. The van der Waals surface area contributed by atoms with Crippen molar-refractivity contribution in [2.75, 3.05) is 0 Å². The molecule has 4 rings (SSSR count). The van der Waals surface area contributed by atoms with E-state index in [-0.39, 0.29) is 35.2 Å². The molecule has 180 valence electrons. The number of hydrogen-bond donors (Lipinski definition) is 5. The van der Waals surface area contributed by atoms with E-state index < -0.39 is 0 Å². The number of aryl methyl sites for hydroxylation is 3. The molecular weight excluding hydrogens is 440 g/mol. The maximum absolute atomic E-state index is 10.7. The monoisotopic (exact) mass is 470 g/mol.